The van der Waals surface area contributed by atoms with Crippen molar-refractivity contribution in [1.29, 1.82) is 0 Å². The minimum absolute atomic E-state index is 0.106. The van der Waals surface area contributed by atoms with Gasteiger partial charge in [0.2, 0.25) is 0 Å². The molecule has 0 amide bonds. The van der Waals surface area contributed by atoms with Crippen molar-refractivity contribution >= 4 is 11.6 Å². The highest BCUT2D eigenvalue weighted by molar-refractivity contribution is 6.31. The van der Waals surface area contributed by atoms with Gasteiger partial charge < -0.3 is 5.73 Å². The molecule has 2 N–H and O–H groups in total. The highest BCUT2D eigenvalue weighted by Crippen LogP contribution is 2.26. The van der Waals surface area contributed by atoms with E-state index in [0.29, 0.717) is 5.02 Å². The lowest BCUT2D eigenvalue weighted by Gasteiger charge is -2.17. The number of pyridine rings is 1. The normalized spacial score (nSPS) is 12.9. The fraction of sp³-hybridized carbons (Fsp3) is 0.429. The van der Waals surface area contributed by atoms with Gasteiger partial charge in [0, 0.05) is 24.5 Å². The van der Waals surface area contributed by atoms with Crippen LogP contribution in [0.15, 0.2) is 30.7 Å². The number of aryl methyl sites for hydroxylation is 1. The van der Waals surface area contributed by atoms with Crippen LogP contribution < -0.4 is 5.73 Å². The summed E-state index contributed by atoms with van der Waals surface area (Å²) in [6.07, 6.45) is 7.01. The van der Waals surface area contributed by atoms with Gasteiger partial charge in [-0.15, -0.1) is 0 Å². The molecule has 19 heavy (non-hydrogen) atoms. The number of nitrogens with zero attached hydrogens (tertiary/aromatic N) is 3. The summed E-state index contributed by atoms with van der Waals surface area (Å²) in [5.74, 6) is 0. The van der Waals surface area contributed by atoms with E-state index in [2.05, 4.69) is 23.9 Å². The number of nitrogens with two attached hydrogens (primary N) is 1. The largest absolute Gasteiger partial charge is 0.323 e. The van der Waals surface area contributed by atoms with Crippen molar-refractivity contribution in [2.45, 2.75) is 38.8 Å². The standard InChI is InChI=1S/C14H19ClN4/c1-10(2)19-14(12(15)9-18-19)13(16)4-3-11-5-7-17-8-6-11/h5-10,13H,3-4,16H2,1-2H3. The average Bonchev–Trinajstić information content (AvgIpc) is 2.79. The minimum Gasteiger partial charge on any atom is -0.323 e. The zero-order chi connectivity index (χ0) is 13.8. The van der Waals surface area contributed by atoms with Crippen molar-refractivity contribution in [3.63, 3.8) is 0 Å². The molecule has 1 unspecified atom stereocenters. The van der Waals surface area contributed by atoms with Crippen LogP contribution in [0.1, 0.15) is 43.6 Å². The smallest absolute Gasteiger partial charge is 0.0834 e. The highest BCUT2D eigenvalue weighted by Gasteiger charge is 2.18. The third-order valence-corrected chi connectivity index (χ3v) is 3.41. The van der Waals surface area contributed by atoms with Crippen LogP contribution in [0.4, 0.5) is 0 Å². The Hall–Kier alpha value is -1.39. The molecular formula is C14H19ClN4. The molecule has 4 nitrogen and oxygen atoms in total. The van der Waals surface area contributed by atoms with Gasteiger partial charge >= 0.3 is 0 Å². The maximum absolute atomic E-state index is 6.27. The van der Waals surface area contributed by atoms with Gasteiger partial charge in [0.15, 0.2) is 0 Å². The van der Waals surface area contributed by atoms with Crippen molar-refractivity contribution in [3.8, 4) is 0 Å². The monoisotopic (exact) mass is 278 g/mol. The Balaban J connectivity index is 2.08. The Bertz CT molecular complexity index is 521. The summed E-state index contributed by atoms with van der Waals surface area (Å²) in [5, 5.41) is 4.94. The quantitative estimate of drug-likeness (QED) is 0.914. The molecule has 0 fully saturated rings. The molecule has 0 bridgehead atoms. The van der Waals surface area contributed by atoms with Gasteiger partial charge in [-0.3, -0.25) is 9.67 Å². The molecule has 102 valence electrons. The summed E-state index contributed by atoms with van der Waals surface area (Å²) in [6, 6.07) is 4.17. The average molecular weight is 279 g/mol. The van der Waals surface area contributed by atoms with E-state index in [-0.39, 0.29) is 12.1 Å². The number of halogens is 1. The summed E-state index contributed by atoms with van der Waals surface area (Å²) < 4.78 is 1.90. The lowest BCUT2D eigenvalue weighted by atomic mass is 10.0. The van der Waals surface area contributed by atoms with Gasteiger partial charge in [0.25, 0.3) is 0 Å². The minimum atomic E-state index is -0.106. The molecule has 2 rings (SSSR count). The third-order valence-electron chi connectivity index (χ3n) is 3.12. The van der Waals surface area contributed by atoms with E-state index in [0.717, 1.165) is 18.5 Å². The first kappa shape index (κ1) is 14.0. The molecule has 2 aromatic rings. The van der Waals surface area contributed by atoms with Gasteiger partial charge in [-0.2, -0.15) is 5.10 Å². The number of aromatic nitrogens is 3. The lowest BCUT2D eigenvalue weighted by Crippen LogP contribution is -2.18. The van der Waals surface area contributed by atoms with Crippen LogP contribution in [-0.4, -0.2) is 14.8 Å². The van der Waals surface area contributed by atoms with Crippen LogP contribution in [-0.2, 0) is 6.42 Å². The molecule has 2 heterocycles. The van der Waals surface area contributed by atoms with E-state index >= 15 is 0 Å². The van der Waals surface area contributed by atoms with E-state index in [1.54, 1.807) is 18.6 Å². The van der Waals surface area contributed by atoms with Crippen LogP contribution in [0.25, 0.3) is 0 Å². The van der Waals surface area contributed by atoms with E-state index in [1.807, 2.05) is 16.8 Å². The first-order valence-corrected chi connectivity index (χ1v) is 6.84. The van der Waals surface area contributed by atoms with E-state index in [1.165, 1.54) is 5.56 Å². The van der Waals surface area contributed by atoms with Gasteiger partial charge in [-0.05, 0) is 44.4 Å². The van der Waals surface area contributed by atoms with Gasteiger partial charge in [0.05, 0.1) is 16.9 Å². The molecule has 0 aliphatic heterocycles. The van der Waals surface area contributed by atoms with Gasteiger partial charge in [0.1, 0.15) is 0 Å². The Morgan fingerprint density at radius 3 is 2.63 bits per heavy atom. The maximum atomic E-state index is 6.27. The number of hydrogen-bond donors (Lipinski definition) is 1. The third kappa shape index (κ3) is 3.33. The summed E-state index contributed by atoms with van der Waals surface area (Å²) in [7, 11) is 0. The molecule has 0 aliphatic rings. The molecule has 2 aromatic heterocycles. The number of rotatable bonds is 5. The Morgan fingerprint density at radius 1 is 1.32 bits per heavy atom. The zero-order valence-corrected chi connectivity index (χ0v) is 12.0. The van der Waals surface area contributed by atoms with Gasteiger partial charge in [-0.1, -0.05) is 11.6 Å². The second-order valence-corrected chi connectivity index (χ2v) is 5.32. The molecule has 0 aliphatic carbocycles. The van der Waals surface area contributed by atoms with Crippen molar-refractivity contribution in [2.75, 3.05) is 0 Å². The summed E-state index contributed by atoms with van der Waals surface area (Å²) in [5.41, 5.74) is 8.42. The Labute approximate surface area is 118 Å². The molecule has 5 heteroatoms. The summed E-state index contributed by atoms with van der Waals surface area (Å²) >= 11 is 6.19. The van der Waals surface area contributed by atoms with Crippen molar-refractivity contribution in [2.24, 2.45) is 5.73 Å². The molecule has 0 saturated heterocycles. The van der Waals surface area contributed by atoms with Crippen LogP contribution in [0, 0.1) is 0 Å². The predicted octanol–water partition coefficient (Wildman–Crippen LogP) is 3.15. The number of hydrogen-bond acceptors (Lipinski definition) is 3. The molecule has 1 atom stereocenters. The second kappa shape index (κ2) is 6.17. The Kier molecular flexibility index (Phi) is 4.56. The Morgan fingerprint density at radius 2 is 2.00 bits per heavy atom. The van der Waals surface area contributed by atoms with Crippen LogP contribution >= 0.6 is 11.6 Å². The molecular weight excluding hydrogens is 260 g/mol. The van der Waals surface area contributed by atoms with Crippen LogP contribution in [0.2, 0.25) is 5.02 Å². The SMILES string of the molecule is CC(C)n1ncc(Cl)c1C(N)CCc1ccncc1. The summed E-state index contributed by atoms with van der Waals surface area (Å²) in [4.78, 5) is 4.01. The zero-order valence-electron chi connectivity index (χ0n) is 11.3. The molecule has 0 saturated carbocycles. The predicted molar refractivity (Wildman–Crippen MR) is 77.1 cm³/mol. The summed E-state index contributed by atoms with van der Waals surface area (Å²) in [6.45, 7) is 4.14. The van der Waals surface area contributed by atoms with E-state index in [4.69, 9.17) is 17.3 Å². The molecule has 0 aromatic carbocycles. The first-order chi connectivity index (χ1) is 9.09. The van der Waals surface area contributed by atoms with Crippen molar-refractivity contribution in [1.82, 2.24) is 14.8 Å². The highest BCUT2D eigenvalue weighted by atomic mass is 35.5. The fourth-order valence-electron chi connectivity index (χ4n) is 2.12. The first-order valence-electron chi connectivity index (χ1n) is 6.47. The van der Waals surface area contributed by atoms with E-state index in [9.17, 15) is 0 Å². The fourth-order valence-corrected chi connectivity index (χ4v) is 2.39. The second-order valence-electron chi connectivity index (χ2n) is 4.92. The lowest BCUT2D eigenvalue weighted by molar-refractivity contribution is 0.477. The molecule has 0 radical (unpaired) electrons. The van der Waals surface area contributed by atoms with E-state index < -0.39 is 0 Å². The molecule has 0 spiro atoms. The maximum Gasteiger partial charge on any atom is 0.0834 e. The van der Waals surface area contributed by atoms with Crippen LogP contribution in [0.3, 0.4) is 0 Å². The van der Waals surface area contributed by atoms with Crippen LogP contribution in [0.5, 0.6) is 0 Å². The van der Waals surface area contributed by atoms with Gasteiger partial charge in [-0.25, -0.2) is 0 Å². The van der Waals surface area contributed by atoms with Crippen molar-refractivity contribution < 1.29 is 0 Å². The topological polar surface area (TPSA) is 56.7 Å². The van der Waals surface area contributed by atoms with Crippen molar-refractivity contribution in [3.05, 3.63) is 47.0 Å².